The normalized spacial score (nSPS) is 18.9. The Kier molecular flexibility index (Phi) is 6.45. The summed E-state index contributed by atoms with van der Waals surface area (Å²) in [5.74, 6) is 5.28. The number of rotatable bonds is 6. The highest BCUT2D eigenvalue weighted by molar-refractivity contribution is 7.78. The predicted octanol–water partition coefficient (Wildman–Crippen LogP) is 3.26. The van der Waals surface area contributed by atoms with Crippen molar-refractivity contribution >= 4 is 52.5 Å². The first-order chi connectivity index (χ1) is 14.9. The van der Waals surface area contributed by atoms with E-state index in [-0.39, 0.29) is 18.9 Å². The van der Waals surface area contributed by atoms with Gasteiger partial charge in [0.2, 0.25) is 0 Å². The summed E-state index contributed by atoms with van der Waals surface area (Å²) in [7, 11) is 0. The van der Waals surface area contributed by atoms with Crippen LogP contribution >= 0.6 is 23.8 Å². The van der Waals surface area contributed by atoms with E-state index in [1.807, 2.05) is 29.2 Å². The van der Waals surface area contributed by atoms with Crippen molar-refractivity contribution in [3.63, 3.8) is 0 Å². The lowest BCUT2D eigenvalue weighted by Gasteiger charge is -2.37. The Bertz CT molecular complexity index is 955. The van der Waals surface area contributed by atoms with Crippen molar-refractivity contribution in [1.82, 2.24) is 5.01 Å². The summed E-state index contributed by atoms with van der Waals surface area (Å²) in [6, 6.07) is 12.6. The molecule has 2 aromatic rings. The number of carbonyl (C=O) groups excluding carboxylic acids is 1. The van der Waals surface area contributed by atoms with E-state index in [9.17, 15) is 9.18 Å². The molecule has 0 spiro atoms. The van der Waals surface area contributed by atoms with Gasteiger partial charge in [-0.25, -0.2) is 15.0 Å². The van der Waals surface area contributed by atoms with Crippen LogP contribution in [-0.2, 0) is 4.74 Å². The number of ether oxygens (including phenoxy) is 1. The van der Waals surface area contributed by atoms with E-state index < -0.39 is 12.2 Å². The molecule has 2 aliphatic rings. The van der Waals surface area contributed by atoms with Gasteiger partial charge < -0.3 is 19.5 Å². The number of hydrogen-bond donors (Lipinski definition) is 1. The van der Waals surface area contributed by atoms with Crippen molar-refractivity contribution in [3.05, 3.63) is 53.3 Å². The molecule has 7 nitrogen and oxygen atoms in total. The fraction of sp³-hybridized carbons (Fsp3) is 0.333. The van der Waals surface area contributed by atoms with Gasteiger partial charge in [0.15, 0.2) is 0 Å². The van der Waals surface area contributed by atoms with Crippen LogP contribution in [0.1, 0.15) is 0 Å². The highest BCUT2D eigenvalue weighted by Gasteiger charge is 2.33. The molecule has 2 heterocycles. The number of anilines is 3. The highest BCUT2D eigenvalue weighted by Crippen LogP contribution is 2.29. The molecule has 0 bridgehead atoms. The maximum Gasteiger partial charge on any atom is 0.414 e. The molecule has 10 heteroatoms. The van der Waals surface area contributed by atoms with Crippen molar-refractivity contribution in [2.24, 2.45) is 5.84 Å². The van der Waals surface area contributed by atoms with Crippen molar-refractivity contribution in [2.45, 2.75) is 6.10 Å². The number of hydrogen-bond acceptors (Lipinski definition) is 6. The molecule has 0 saturated carbocycles. The topological polar surface area (TPSA) is 65.3 Å². The smallest absolute Gasteiger partial charge is 0.414 e. The van der Waals surface area contributed by atoms with Gasteiger partial charge in [0.25, 0.3) is 0 Å². The Balaban J connectivity index is 1.40. The monoisotopic (exact) mass is 463 g/mol. The third-order valence-corrected chi connectivity index (χ3v) is 6.00. The summed E-state index contributed by atoms with van der Waals surface area (Å²) >= 11 is 10.7. The second-order valence-electron chi connectivity index (χ2n) is 7.50. The van der Waals surface area contributed by atoms with E-state index in [2.05, 4.69) is 4.90 Å². The molecule has 1 amide bonds. The van der Waals surface area contributed by atoms with E-state index >= 15 is 0 Å². The molecule has 0 radical (unpaired) electrons. The zero-order valence-corrected chi connectivity index (χ0v) is 18.4. The zero-order valence-electron chi connectivity index (χ0n) is 16.8. The van der Waals surface area contributed by atoms with Gasteiger partial charge >= 0.3 is 6.09 Å². The average molecular weight is 464 g/mol. The molecule has 0 aliphatic carbocycles. The minimum absolute atomic E-state index is 0.282. The van der Waals surface area contributed by atoms with E-state index in [0.717, 1.165) is 18.8 Å². The number of halogens is 2. The number of hydrazine groups is 1. The Morgan fingerprint density at radius 1 is 1.13 bits per heavy atom. The minimum atomic E-state index is -0.522. The molecule has 1 atom stereocenters. The molecule has 31 heavy (non-hydrogen) atoms. The molecule has 2 aliphatic heterocycles. The van der Waals surface area contributed by atoms with Crippen molar-refractivity contribution in [2.75, 3.05) is 54.0 Å². The van der Waals surface area contributed by atoms with Gasteiger partial charge in [-0.1, -0.05) is 23.8 Å². The van der Waals surface area contributed by atoms with Gasteiger partial charge in [-0.15, -0.1) is 0 Å². The Morgan fingerprint density at radius 2 is 1.77 bits per heavy atom. The molecular formula is C21H23ClFN5O2S. The van der Waals surface area contributed by atoms with Crippen molar-refractivity contribution in [3.8, 4) is 0 Å². The summed E-state index contributed by atoms with van der Waals surface area (Å²) in [5.41, 5.74) is 3.38. The molecule has 0 unspecified atom stereocenters. The fourth-order valence-electron chi connectivity index (χ4n) is 3.88. The van der Waals surface area contributed by atoms with Gasteiger partial charge in [0.1, 0.15) is 11.9 Å². The summed E-state index contributed by atoms with van der Waals surface area (Å²) in [6.07, 6.45) is -0.952. The summed E-state index contributed by atoms with van der Waals surface area (Å²) in [5, 5.41) is 1.99. The number of piperazine rings is 1. The van der Waals surface area contributed by atoms with Crippen LogP contribution < -0.4 is 20.5 Å². The maximum absolute atomic E-state index is 14.9. The lowest BCUT2D eigenvalue weighted by atomic mass is 10.2. The largest absolute Gasteiger partial charge is 0.442 e. The Hall–Kier alpha value is -2.62. The highest BCUT2D eigenvalue weighted by atomic mass is 35.5. The molecule has 2 aromatic carbocycles. The quantitative estimate of drug-likeness (QED) is 0.400. The lowest BCUT2D eigenvalue weighted by molar-refractivity contribution is 0.127. The molecule has 2 saturated heterocycles. The zero-order chi connectivity index (χ0) is 22.0. The molecule has 2 N–H and O–H groups in total. The van der Waals surface area contributed by atoms with Gasteiger partial charge in [0.05, 0.1) is 30.0 Å². The second-order valence-corrected chi connectivity index (χ2v) is 8.15. The van der Waals surface area contributed by atoms with Gasteiger partial charge in [-0.2, -0.15) is 0 Å². The molecular weight excluding hydrogens is 441 g/mol. The Labute approximate surface area is 190 Å². The number of benzene rings is 2. The van der Waals surface area contributed by atoms with Crippen molar-refractivity contribution in [1.29, 1.82) is 0 Å². The number of amides is 1. The number of cyclic esters (lactones) is 1. The number of thiocarbonyl (C=S) groups is 1. The van der Waals surface area contributed by atoms with Crippen LogP contribution in [-0.4, -0.2) is 62.0 Å². The van der Waals surface area contributed by atoms with Crippen LogP contribution in [0.5, 0.6) is 0 Å². The van der Waals surface area contributed by atoms with Gasteiger partial charge in [-0.3, -0.25) is 4.90 Å². The molecule has 4 rings (SSSR count). The standard InChI is InChI=1S/C21H23ClFN5O2S/c22-15-1-3-16(4-2-15)25-7-9-26(10-8-25)20-6-5-17(11-19(20)23)28-13-18(30-21(28)29)12-27(24)14-31/h1-6,11,14,18H,7-10,12-13,24H2/t18-/m0/s1. The van der Waals surface area contributed by atoms with Crippen LogP contribution in [0.3, 0.4) is 0 Å². The average Bonchev–Trinajstić information content (AvgIpc) is 3.14. The van der Waals surface area contributed by atoms with Crippen LogP contribution in [0.15, 0.2) is 42.5 Å². The van der Waals surface area contributed by atoms with Gasteiger partial charge in [-0.05, 0) is 42.5 Å². The number of nitrogens with two attached hydrogens (primary N) is 1. The van der Waals surface area contributed by atoms with Crippen LogP contribution in [0.25, 0.3) is 0 Å². The van der Waals surface area contributed by atoms with Crippen LogP contribution in [0.2, 0.25) is 5.02 Å². The minimum Gasteiger partial charge on any atom is -0.442 e. The van der Waals surface area contributed by atoms with Crippen LogP contribution in [0.4, 0.5) is 26.2 Å². The third kappa shape index (κ3) is 4.84. The summed E-state index contributed by atoms with van der Waals surface area (Å²) in [6.45, 7) is 3.50. The molecule has 164 valence electrons. The fourth-order valence-corrected chi connectivity index (χ4v) is 4.10. The summed E-state index contributed by atoms with van der Waals surface area (Å²) < 4.78 is 20.2. The first-order valence-corrected chi connectivity index (χ1v) is 10.8. The van der Waals surface area contributed by atoms with E-state index in [0.29, 0.717) is 29.5 Å². The number of nitrogens with zero attached hydrogens (tertiary/aromatic N) is 4. The number of carbonyl (C=O) groups is 1. The van der Waals surface area contributed by atoms with E-state index in [1.54, 1.807) is 12.1 Å². The molecule has 2 fully saturated rings. The van der Waals surface area contributed by atoms with E-state index in [1.165, 1.54) is 21.5 Å². The van der Waals surface area contributed by atoms with Crippen LogP contribution in [0, 0.1) is 5.82 Å². The summed E-state index contributed by atoms with van der Waals surface area (Å²) in [4.78, 5) is 17.9. The predicted molar refractivity (Wildman–Crippen MR) is 124 cm³/mol. The van der Waals surface area contributed by atoms with E-state index in [4.69, 9.17) is 34.4 Å². The second kappa shape index (κ2) is 9.25. The SMILES string of the molecule is NN(C=S)C[C@H]1CN(c2ccc(N3CCN(c4ccc(Cl)cc4)CC3)c(F)c2)C(=O)O1. The lowest BCUT2D eigenvalue weighted by Crippen LogP contribution is -2.46. The van der Waals surface area contributed by atoms with Gasteiger partial charge in [0, 0.05) is 36.9 Å². The maximum atomic E-state index is 14.9. The first-order valence-electron chi connectivity index (χ1n) is 9.94. The Morgan fingerprint density at radius 3 is 2.42 bits per heavy atom. The third-order valence-electron chi connectivity index (χ3n) is 5.48. The molecule has 0 aromatic heterocycles. The van der Waals surface area contributed by atoms with Crippen molar-refractivity contribution < 1.29 is 13.9 Å². The first kappa shape index (κ1) is 21.6.